The maximum absolute atomic E-state index is 12.1. The number of benzene rings is 1. The molecule has 0 saturated heterocycles. The Labute approximate surface area is 114 Å². The average molecular weight is 313 g/mol. The molecule has 1 N–H and O–H groups in total. The summed E-state index contributed by atoms with van der Waals surface area (Å²) >= 11 is 11.7. The molecular weight excluding hydrogens is 308 g/mol. The van der Waals surface area contributed by atoms with Crippen LogP contribution in [0.2, 0.25) is 10.0 Å². The molecule has 0 fully saturated rings. The summed E-state index contributed by atoms with van der Waals surface area (Å²) in [6.07, 6.45) is -2.50. The van der Waals surface area contributed by atoms with Crippen molar-refractivity contribution in [3.05, 3.63) is 34.6 Å². The second-order valence-electron chi connectivity index (χ2n) is 3.43. The molecule has 0 saturated carbocycles. The van der Waals surface area contributed by atoms with E-state index in [-0.39, 0.29) is 21.5 Å². The number of halogens is 5. The van der Waals surface area contributed by atoms with E-state index in [4.69, 9.17) is 28.3 Å². The van der Waals surface area contributed by atoms with Crippen LogP contribution in [0.1, 0.15) is 0 Å². The molecule has 0 unspecified atom stereocenters. The Kier molecular flexibility index (Phi) is 3.51. The van der Waals surface area contributed by atoms with Crippen molar-refractivity contribution in [1.82, 2.24) is 9.78 Å². The molecule has 0 bridgehead atoms. The Bertz CT molecular complexity index is 590. The summed E-state index contributed by atoms with van der Waals surface area (Å²) in [5, 5.41) is 12.7. The van der Waals surface area contributed by atoms with Crippen LogP contribution in [0.4, 0.5) is 13.2 Å². The second kappa shape index (κ2) is 4.82. The highest BCUT2D eigenvalue weighted by molar-refractivity contribution is 6.38. The van der Waals surface area contributed by atoms with E-state index in [1.165, 1.54) is 6.20 Å². The molecule has 102 valence electrons. The number of aromatic nitrogens is 2. The lowest BCUT2D eigenvalue weighted by Gasteiger charge is -2.12. The molecule has 0 aliphatic carbocycles. The first-order chi connectivity index (χ1) is 8.76. The van der Waals surface area contributed by atoms with Crippen LogP contribution in [-0.4, -0.2) is 21.2 Å². The molecule has 19 heavy (non-hydrogen) atoms. The van der Waals surface area contributed by atoms with Gasteiger partial charge in [0, 0.05) is 12.1 Å². The van der Waals surface area contributed by atoms with E-state index in [1.54, 1.807) is 0 Å². The Morgan fingerprint density at radius 1 is 1.21 bits per heavy atom. The Morgan fingerprint density at radius 3 is 2.21 bits per heavy atom. The number of nitrogens with zero attached hydrogens (tertiary/aromatic N) is 2. The third-order valence-corrected chi connectivity index (χ3v) is 2.60. The van der Waals surface area contributed by atoms with E-state index < -0.39 is 12.1 Å². The van der Waals surface area contributed by atoms with E-state index in [2.05, 4.69) is 9.84 Å². The number of alkyl halides is 3. The van der Waals surface area contributed by atoms with Gasteiger partial charge in [-0.1, -0.05) is 23.2 Å². The SMILES string of the molecule is Oc1cnn(-c2c(Cl)cc(OC(F)(F)F)cc2Cl)c1. The van der Waals surface area contributed by atoms with E-state index in [1.807, 2.05) is 0 Å². The summed E-state index contributed by atoms with van der Waals surface area (Å²) in [6, 6.07) is 1.91. The zero-order valence-electron chi connectivity index (χ0n) is 8.95. The molecule has 9 heteroatoms. The first-order valence-corrected chi connectivity index (χ1v) is 5.50. The summed E-state index contributed by atoms with van der Waals surface area (Å²) in [6.45, 7) is 0. The van der Waals surface area contributed by atoms with E-state index in [0.717, 1.165) is 23.0 Å². The van der Waals surface area contributed by atoms with Gasteiger partial charge in [0.2, 0.25) is 0 Å². The smallest absolute Gasteiger partial charge is 0.505 e. The van der Waals surface area contributed by atoms with Gasteiger partial charge in [0.05, 0.1) is 22.4 Å². The summed E-state index contributed by atoms with van der Waals surface area (Å²) in [7, 11) is 0. The van der Waals surface area contributed by atoms with Crippen molar-refractivity contribution in [2.75, 3.05) is 0 Å². The first-order valence-electron chi connectivity index (χ1n) is 4.75. The van der Waals surface area contributed by atoms with Crippen LogP contribution in [0, 0.1) is 0 Å². The van der Waals surface area contributed by atoms with Crippen LogP contribution < -0.4 is 4.74 Å². The lowest BCUT2D eigenvalue weighted by Crippen LogP contribution is -2.17. The first kappa shape index (κ1) is 13.8. The van der Waals surface area contributed by atoms with E-state index >= 15 is 0 Å². The molecule has 1 heterocycles. The van der Waals surface area contributed by atoms with Gasteiger partial charge in [-0.05, 0) is 0 Å². The highest BCUT2D eigenvalue weighted by Crippen LogP contribution is 2.35. The van der Waals surface area contributed by atoms with Crippen LogP contribution in [0.3, 0.4) is 0 Å². The number of rotatable bonds is 2. The van der Waals surface area contributed by atoms with Crippen LogP contribution in [0.15, 0.2) is 24.5 Å². The van der Waals surface area contributed by atoms with Gasteiger partial charge < -0.3 is 9.84 Å². The largest absolute Gasteiger partial charge is 0.573 e. The molecule has 0 aliphatic heterocycles. The number of aromatic hydroxyl groups is 1. The predicted octanol–water partition coefficient (Wildman–Crippen LogP) is 3.78. The second-order valence-corrected chi connectivity index (χ2v) is 4.24. The van der Waals surface area contributed by atoms with Crippen molar-refractivity contribution in [3.8, 4) is 17.2 Å². The normalized spacial score (nSPS) is 11.6. The van der Waals surface area contributed by atoms with Crippen molar-refractivity contribution < 1.29 is 23.0 Å². The van der Waals surface area contributed by atoms with Crippen molar-refractivity contribution in [3.63, 3.8) is 0 Å². The Morgan fingerprint density at radius 2 is 1.79 bits per heavy atom. The number of hydrogen-bond donors (Lipinski definition) is 1. The minimum absolute atomic E-state index is 0.102. The third-order valence-electron chi connectivity index (χ3n) is 2.02. The predicted molar refractivity (Wildman–Crippen MR) is 61.9 cm³/mol. The molecule has 0 spiro atoms. The van der Waals surface area contributed by atoms with Crippen LogP contribution in [-0.2, 0) is 0 Å². The molecule has 2 rings (SSSR count). The minimum atomic E-state index is -4.84. The fourth-order valence-electron chi connectivity index (χ4n) is 1.39. The summed E-state index contributed by atoms with van der Waals surface area (Å²) < 4.78 is 41.1. The lowest BCUT2D eigenvalue weighted by molar-refractivity contribution is -0.274. The molecule has 0 radical (unpaired) electrons. The summed E-state index contributed by atoms with van der Waals surface area (Å²) in [5.41, 5.74) is 0.137. The van der Waals surface area contributed by atoms with Gasteiger partial charge in [0.25, 0.3) is 0 Å². The zero-order valence-corrected chi connectivity index (χ0v) is 10.5. The van der Waals surface area contributed by atoms with Crippen molar-refractivity contribution in [2.24, 2.45) is 0 Å². The minimum Gasteiger partial charge on any atom is -0.505 e. The fourth-order valence-corrected chi connectivity index (χ4v) is 2.03. The van der Waals surface area contributed by atoms with Crippen molar-refractivity contribution >= 4 is 23.2 Å². The average Bonchev–Trinajstić information content (AvgIpc) is 2.60. The van der Waals surface area contributed by atoms with E-state index in [9.17, 15) is 13.2 Å². The summed E-state index contributed by atoms with van der Waals surface area (Å²) in [4.78, 5) is 0. The van der Waals surface area contributed by atoms with Crippen LogP contribution >= 0.6 is 23.2 Å². The monoisotopic (exact) mass is 312 g/mol. The fraction of sp³-hybridized carbons (Fsp3) is 0.100. The molecule has 0 amide bonds. The maximum Gasteiger partial charge on any atom is 0.573 e. The van der Waals surface area contributed by atoms with Crippen LogP contribution in [0.5, 0.6) is 11.5 Å². The molecule has 1 aromatic carbocycles. The third kappa shape index (κ3) is 3.24. The van der Waals surface area contributed by atoms with Gasteiger partial charge in [-0.2, -0.15) is 5.10 Å². The Balaban J connectivity index is 2.43. The van der Waals surface area contributed by atoms with E-state index in [0.29, 0.717) is 0 Å². The topological polar surface area (TPSA) is 47.3 Å². The quantitative estimate of drug-likeness (QED) is 0.918. The van der Waals surface area contributed by atoms with Gasteiger partial charge in [-0.3, -0.25) is 0 Å². The molecule has 4 nitrogen and oxygen atoms in total. The molecule has 1 aromatic heterocycles. The highest BCUT2D eigenvalue weighted by atomic mass is 35.5. The molecule has 0 atom stereocenters. The zero-order chi connectivity index (χ0) is 14.2. The van der Waals surface area contributed by atoms with Crippen molar-refractivity contribution in [1.29, 1.82) is 0 Å². The number of hydrogen-bond acceptors (Lipinski definition) is 3. The molecule has 0 aliphatic rings. The highest BCUT2D eigenvalue weighted by Gasteiger charge is 2.31. The van der Waals surface area contributed by atoms with Gasteiger partial charge in [0.1, 0.15) is 11.4 Å². The standard InChI is InChI=1S/C10H5Cl2F3N2O2/c11-7-1-6(19-10(13,14)15)2-8(12)9(7)17-4-5(18)3-16-17/h1-4,18H. The van der Waals surface area contributed by atoms with Gasteiger partial charge in [0.15, 0.2) is 5.75 Å². The molecular formula is C10H5Cl2F3N2O2. The lowest BCUT2D eigenvalue weighted by atomic mass is 10.3. The van der Waals surface area contributed by atoms with Crippen LogP contribution in [0.25, 0.3) is 5.69 Å². The van der Waals surface area contributed by atoms with Gasteiger partial charge in [-0.25, -0.2) is 4.68 Å². The number of ether oxygens (including phenoxy) is 1. The van der Waals surface area contributed by atoms with Gasteiger partial charge >= 0.3 is 6.36 Å². The maximum atomic E-state index is 12.1. The summed E-state index contributed by atoms with van der Waals surface area (Å²) in [5.74, 6) is -0.676. The Hall–Kier alpha value is -1.60. The van der Waals surface area contributed by atoms with Gasteiger partial charge in [-0.15, -0.1) is 13.2 Å². The molecule has 2 aromatic rings. The van der Waals surface area contributed by atoms with Crippen molar-refractivity contribution in [2.45, 2.75) is 6.36 Å².